The number of thiocarbonyl (C=S) groups is 1. The predicted molar refractivity (Wildman–Crippen MR) is 82.2 cm³/mol. The monoisotopic (exact) mass is 325 g/mol. The maximum atomic E-state index is 11.8. The molecular weight excluding hydrogens is 314 g/mol. The molecule has 0 bridgehead atoms. The van der Waals surface area contributed by atoms with Crippen LogP contribution in [-0.4, -0.2) is 44.8 Å². The molecule has 9 heteroatoms. The van der Waals surface area contributed by atoms with Crippen LogP contribution >= 0.6 is 24.0 Å². The van der Waals surface area contributed by atoms with Crippen LogP contribution in [0, 0.1) is 10.1 Å². The second kappa shape index (κ2) is 6.64. The number of carbonyl (C=O) groups excluding carboxylic acids is 2. The lowest BCUT2D eigenvalue weighted by atomic mass is 10.2. The number of nitrogens with zero attached hydrogens (tertiary/aromatic N) is 2. The van der Waals surface area contributed by atoms with E-state index in [1.807, 2.05) is 0 Å². The van der Waals surface area contributed by atoms with Crippen molar-refractivity contribution < 1.29 is 14.5 Å². The fourth-order valence-corrected chi connectivity index (χ4v) is 2.84. The summed E-state index contributed by atoms with van der Waals surface area (Å²) in [4.78, 5) is 34.8. The van der Waals surface area contributed by atoms with E-state index in [0.29, 0.717) is 22.2 Å². The van der Waals surface area contributed by atoms with Crippen LogP contribution in [0.5, 0.6) is 0 Å². The third-order valence-corrected chi connectivity index (χ3v) is 4.23. The Labute approximate surface area is 129 Å². The summed E-state index contributed by atoms with van der Waals surface area (Å²) >= 11 is 6.32. The van der Waals surface area contributed by atoms with Crippen LogP contribution in [0.25, 0.3) is 0 Å². The molecule has 0 atom stereocenters. The van der Waals surface area contributed by atoms with E-state index in [2.05, 4.69) is 5.32 Å². The number of amides is 2. The minimum absolute atomic E-state index is 0.0606. The Morgan fingerprint density at radius 2 is 2.10 bits per heavy atom. The number of nitro groups is 1. The lowest BCUT2D eigenvalue weighted by Crippen LogP contribution is -2.37. The lowest BCUT2D eigenvalue weighted by molar-refractivity contribution is -0.384. The molecule has 7 nitrogen and oxygen atoms in total. The van der Waals surface area contributed by atoms with Crippen LogP contribution in [-0.2, 0) is 4.79 Å². The molecule has 0 radical (unpaired) electrons. The molecule has 0 aliphatic carbocycles. The van der Waals surface area contributed by atoms with Crippen LogP contribution < -0.4 is 5.32 Å². The summed E-state index contributed by atoms with van der Waals surface area (Å²) in [5.41, 5.74) is 0.252. The molecule has 0 spiro atoms. The highest BCUT2D eigenvalue weighted by atomic mass is 32.2. The number of nitro benzene ring substituents is 1. The number of non-ortho nitro benzene ring substituents is 1. The normalized spacial score (nSPS) is 14.4. The first-order chi connectivity index (χ1) is 9.99. The molecule has 1 N–H and O–H groups in total. The summed E-state index contributed by atoms with van der Waals surface area (Å²) in [6.07, 6.45) is 0. The van der Waals surface area contributed by atoms with Gasteiger partial charge in [-0.25, -0.2) is 0 Å². The Hall–Kier alpha value is -2.00. The van der Waals surface area contributed by atoms with Crippen molar-refractivity contribution in [2.75, 3.05) is 18.8 Å². The molecule has 1 fully saturated rings. The van der Waals surface area contributed by atoms with Crippen molar-refractivity contribution in [2.45, 2.75) is 0 Å². The van der Waals surface area contributed by atoms with Gasteiger partial charge in [-0.3, -0.25) is 24.6 Å². The highest BCUT2D eigenvalue weighted by Crippen LogP contribution is 2.18. The van der Waals surface area contributed by atoms with Gasteiger partial charge in [0.25, 0.3) is 11.6 Å². The van der Waals surface area contributed by atoms with E-state index in [9.17, 15) is 19.7 Å². The molecule has 1 aromatic rings. The number of rotatable bonds is 5. The van der Waals surface area contributed by atoms with Crippen molar-refractivity contribution in [3.05, 3.63) is 39.9 Å². The molecule has 1 saturated heterocycles. The minimum Gasteiger partial charge on any atom is -0.350 e. The average Bonchev–Trinajstić information content (AvgIpc) is 2.79. The van der Waals surface area contributed by atoms with E-state index >= 15 is 0 Å². The molecule has 0 unspecified atom stereocenters. The van der Waals surface area contributed by atoms with Crippen molar-refractivity contribution in [1.29, 1.82) is 0 Å². The fourth-order valence-electron chi connectivity index (χ4n) is 1.71. The van der Waals surface area contributed by atoms with Crippen molar-refractivity contribution in [1.82, 2.24) is 10.2 Å². The molecule has 1 aliphatic rings. The Morgan fingerprint density at radius 3 is 2.62 bits per heavy atom. The van der Waals surface area contributed by atoms with Crippen molar-refractivity contribution >= 4 is 45.8 Å². The van der Waals surface area contributed by atoms with Gasteiger partial charge in [0.05, 0.1) is 10.7 Å². The summed E-state index contributed by atoms with van der Waals surface area (Å²) in [6.45, 7) is 0.589. The number of hydrogen-bond donors (Lipinski definition) is 1. The number of carbonyl (C=O) groups is 2. The van der Waals surface area contributed by atoms with E-state index < -0.39 is 4.92 Å². The van der Waals surface area contributed by atoms with Gasteiger partial charge in [0.2, 0.25) is 5.91 Å². The molecule has 1 aromatic carbocycles. The third kappa shape index (κ3) is 3.76. The Bertz CT molecular complexity index is 587. The topological polar surface area (TPSA) is 92.6 Å². The van der Waals surface area contributed by atoms with Crippen LogP contribution in [0.3, 0.4) is 0 Å². The van der Waals surface area contributed by atoms with E-state index in [1.54, 1.807) is 0 Å². The van der Waals surface area contributed by atoms with Crippen LogP contribution in [0.4, 0.5) is 5.69 Å². The first kappa shape index (κ1) is 15.4. The fraction of sp³-hybridized carbons (Fsp3) is 0.250. The number of benzene rings is 1. The number of nitrogens with one attached hydrogen (secondary N) is 1. The van der Waals surface area contributed by atoms with Gasteiger partial charge in [0, 0.05) is 30.8 Å². The SMILES string of the molecule is O=C(NCCN1C(=O)CSC1=S)c1ccc([N+](=O)[O-])cc1. The summed E-state index contributed by atoms with van der Waals surface area (Å²) in [6, 6.07) is 5.30. The van der Waals surface area contributed by atoms with Gasteiger partial charge in [-0.1, -0.05) is 24.0 Å². The minimum atomic E-state index is -0.528. The van der Waals surface area contributed by atoms with Crippen molar-refractivity contribution in [3.8, 4) is 0 Å². The van der Waals surface area contributed by atoms with Gasteiger partial charge in [0.15, 0.2) is 0 Å². The average molecular weight is 325 g/mol. The summed E-state index contributed by atoms with van der Waals surface area (Å²) in [7, 11) is 0. The zero-order chi connectivity index (χ0) is 15.4. The Kier molecular flexibility index (Phi) is 4.86. The number of thioether (sulfide) groups is 1. The molecule has 1 heterocycles. The molecule has 110 valence electrons. The second-order valence-corrected chi connectivity index (χ2v) is 5.77. The molecule has 21 heavy (non-hydrogen) atoms. The maximum Gasteiger partial charge on any atom is 0.269 e. The Balaban J connectivity index is 1.85. The van der Waals surface area contributed by atoms with Gasteiger partial charge in [-0.15, -0.1) is 0 Å². The predicted octanol–water partition coefficient (Wildman–Crippen LogP) is 1.18. The summed E-state index contributed by atoms with van der Waals surface area (Å²) in [5.74, 6) is -0.0699. The maximum absolute atomic E-state index is 11.8. The summed E-state index contributed by atoms with van der Waals surface area (Å²) in [5, 5.41) is 13.2. The van der Waals surface area contributed by atoms with E-state index in [0.717, 1.165) is 0 Å². The quantitative estimate of drug-likeness (QED) is 0.496. The highest BCUT2D eigenvalue weighted by molar-refractivity contribution is 8.23. The van der Waals surface area contributed by atoms with Gasteiger partial charge in [-0.05, 0) is 12.1 Å². The zero-order valence-corrected chi connectivity index (χ0v) is 12.4. The van der Waals surface area contributed by atoms with E-state index in [4.69, 9.17) is 12.2 Å². The van der Waals surface area contributed by atoms with E-state index in [1.165, 1.54) is 40.9 Å². The first-order valence-electron chi connectivity index (χ1n) is 5.99. The lowest BCUT2D eigenvalue weighted by Gasteiger charge is -2.15. The second-order valence-electron chi connectivity index (χ2n) is 4.16. The third-order valence-electron chi connectivity index (χ3n) is 2.80. The van der Waals surface area contributed by atoms with Crippen molar-refractivity contribution in [2.24, 2.45) is 0 Å². The standard InChI is InChI=1S/C12H11N3O4S2/c16-10-7-21-12(20)14(10)6-5-13-11(17)8-1-3-9(4-2-8)15(18)19/h1-4H,5-7H2,(H,13,17). The molecule has 2 amide bonds. The molecular formula is C12H11N3O4S2. The summed E-state index contributed by atoms with van der Waals surface area (Å²) < 4.78 is 0.518. The van der Waals surface area contributed by atoms with E-state index in [-0.39, 0.29) is 24.0 Å². The highest BCUT2D eigenvalue weighted by Gasteiger charge is 2.25. The Morgan fingerprint density at radius 1 is 1.43 bits per heavy atom. The van der Waals surface area contributed by atoms with Gasteiger partial charge in [-0.2, -0.15) is 0 Å². The zero-order valence-electron chi connectivity index (χ0n) is 10.8. The van der Waals surface area contributed by atoms with Crippen LogP contribution in [0.1, 0.15) is 10.4 Å². The number of hydrogen-bond acceptors (Lipinski definition) is 6. The van der Waals surface area contributed by atoms with Gasteiger partial charge in [0.1, 0.15) is 4.32 Å². The molecule has 1 aliphatic heterocycles. The largest absolute Gasteiger partial charge is 0.350 e. The molecule has 0 aromatic heterocycles. The van der Waals surface area contributed by atoms with Crippen LogP contribution in [0.15, 0.2) is 24.3 Å². The molecule has 2 rings (SSSR count). The smallest absolute Gasteiger partial charge is 0.269 e. The molecule has 0 saturated carbocycles. The first-order valence-corrected chi connectivity index (χ1v) is 7.38. The van der Waals surface area contributed by atoms with Crippen molar-refractivity contribution in [3.63, 3.8) is 0 Å². The van der Waals surface area contributed by atoms with Crippen LogP contribution in [0.2, 0.25) is 0 Å². The van der Waals surface area contributed by atoms with Gasteiger partial charge < -0.3 is 5.32 Å². The van der Waals surface area contributed by atoms with Gasteiger partial charge >= 0.3 is 0 Å².